The molecule has 1 N–H and O–H groups in total. The highest BCUT2D eigenvalue weighted by Gasteiger charge is 2.31. The van der Waals surface area contributed by atoms with Gasteiger partial charge in [-0.3, -0.25) is 9.59 Å². The molecule has 2 amide bonds. The largest absolute Gasteiger partial charge is 0.492 e. The van der Waals surface area contributed by atoms with Crippen molar-refractivity contribution in [1.29, 1.82) is 0 Å². The molecule has 0 spiro atoms. The number of nitrogens with one attached hydrogen (secondary N) is 1. The maximum atomic E-state index is 13.1. The van der Waals surface area contributed by atoms with Crippen LogP contribution in [-0.4, -0.2) is 25.0 Å². The topological polar surface area (TPSA) is 71.8 Å². The molecule has 0 bridgehead atoms. The lowest BCUT2D eigenvalue weighted by atomic mass is 10.2. The van der Waals surface area contributed by atoms with Crippen LogP contribution < -0.4 is 15.0 Å². The van der Waals surface area contributed by atoms with Gasteiger partial charge in [-0.1, -0.05) is 24.3 Å². The van der Waals surface area contributed by atoms with Crippen LogP contribution >= 0.6 is 11.8 Å². The number of furan rings is 1. The van der Waals surface area contributed by atoms with Gasteiger partial charge in [0.2, 0.25) is 11.8 Å². The van der Waals surface area contributed by atoms with Crippen LogP contribution in [-0.2, 0) is 9.59 Å². The second-order valence-electron chi connectivity index (χ2n) is 6.75. The molecule has 1 aliphatic heterocycles. The van der Waals surface area contributed by atoms with Crippen molar-refractivity contribution in [2.24, 2.45) is 0 Å². The van der Waals surface area contributed by atoms with Gasteiger partial charge in [-0.2, -0.15) is 0 Å². The number of hydrogen-bond acceptors (Lipinski definition) is 5. The number of thioether (sulfide) groups is 1. The van der Waals surface area contributed by atoms with Crippen LogP contribution in [0.3, 0.4) is 0 Å². The van der Waals surface area contributed by atoms with Crippen LogP contribution in [0.2, 0.25) is 0 Å². The molecule has 0 radical (unpaired) electrons. The number of nitrogens with zero attached hydrogens (tertiary/aromatic N) is 1. The predicted molar refractivity (Wildman–Crippen MR) is 117 cm³/mol. The molecule has 6 nitrogen and oxygen atoms in total. The summed E-state index contributed by atoms with van der Waals surface area (Å²) in [6.45, 7) is 2.30. The van der Waals surface area contributed by atoms with Crippen LogP contribution in [0.4, 0.5) is 11.4 Å². The lowest BCUT2D eigenvalue weighted by Gasteiger charge is -2.22. The minimum Gasteiger partial charge on any atom is -0.492 e. The van der Waals surface area contributed by atoms with E-state index in [9.17, 15) is 9.59 Å². The Labute approximate surface area is 179 Å². The van der Waals surface area contributed by atoms with E-state index >= 15 is 0 Å². The molecule has 1 aliphatic rings. The van der Waals surface area contributed by atoms with E-state index in [0.717, 1.165) is 16.3 Å². The summed E-state index contributed by atoms with van der Waals surface area (Å²) in [6.07, 6.45) is 1.86. The van der Waals surface area contributed by atoms with Gasteiger partial charge in [0.05, 0.1) is 29.5 Å². The van der Waals surface area contributed by atoms with E-state index in [2.05, 4.69) is 5.32 Å². The summed E-state index contributed by atoms with van der Waals surface area (Å²) < 4.78 is 11.1. The molecule has 1 aromatic heterocycles. The standard InChI is InChI=1S/C23H22N2O4S/c1-2-28-18-10-5-3-8-16(18)24-22(26)15-25-17-9-4-6-12-20(17)30-21(14-23(25)27)19-11-7-13-29-19/h3-13,21H,2,14-15H2,1H3,(H,24,26)/t21-/m1/s1. The zero-order valence-corrected chi connectivity index (χ0v) is 17.4. The summed E-state index contributed by atoms with van der Waals surface area (Å²) in [5.41, 5.74) is 1.32. The normalized spacial score (nSPS) is 16.0. The Bertz CT molecular complexity index is 1040. The van der Waals surface area contributed by atoms with Crippen LogP contribution in [0.1, 0.15) is 24.4 Å². The summed E-state index contributed by atoms with van der Waals surface area (Å²) in [5.74, 6) is 0.943. The number of rotatable bonds is 6. The SMILES string of the molecule is CCOc1ccccc1NC(=O)CN1C(=O)C[C@H](c2ccco2)Sc2ccccc21. The molecule has 3 aromatic rings. The summed E-state index contributed by atoms with van der Waals surface area (Å²) >= 11 is 1.58. The van der Waals surface area contributed by atoms with E-state index < -0.39 is 0 Å². The van der Waals surface area contributed by atoms with Crippen molar-refractivity contribution < 1.29 is 18.7 Å². The Kier molecular flexibility index (Phi) is 6.09. The van der Waals surface area contributed by atoms with Gasteiger partial charge in [0, 0.05) is 11.3 Å². The van der Waals surface area contributed by atoms with Gasteiger partial charge in [-0.15, -0.1) is 11.8 Å². The van der Waals surface area contributed by atoms with Crippen molar-refractivity contribution in [1.82, 2.24) is 0 Å². The molecular formula is C23H22N2O4S. The number of ether oxygens (including phenoxy) is 1. The molecule has 1 atom stereocenters. The molecule has 2 heterocycles. The number of para-hydroxylation sites is 3. The van der Waals surface area contributed by atoms with Gasteiger partial charge in [-0.25, -0.2) is 0 Å². The lowest BCUT2D eigenvalue weighted by Crippen LogP contribution is -2.38. The highest BCUT2D eigenvalue weighted by Crippen LogP contribution is 2.45. The fourth-order valence-corrected chi connectivity index (χ4v) is 4.61. The molecular weight excluding hydrogens is 400 g/mol. The number of carbonyl (C=O) groups is 2. The fourth-order valence-electron chi connectivity index (χ4n) is 3.37. The number of amides is 2. The smallest absolute Gasteiger partial charge is 0.244 e. The molecule has 0 saturated heterocycles. The van der Waals surface area contributed by atoms with Gasteiger partial charge in [0.15, 0.2) is 0 Å². The first-order chi connectivity index (χ1) is 14.7. The third kappa shape index (κ3) is 4.36. The highest BCUT2D eigenvalue weighted by molar-refractivity contribution is 7.99. The van der Waals surface area contributed by atoms with Crippen molar-refractivity contribution in [3.8, 4) is 5.75 Å². The van der Waals surface area contributed by atoms with E-state index in [-0.39, 0.29) is 30.0 Å². The van der Waals surface area contributed by atoms with Gasteiger partial charge in [0.1, 0.15) is 18.1 Å². The lowest BCUT2D eigenvalue weighted by molar-refractivity contribution is -0.121. The number of fused-ring (bicyclic) bond motifs is 1. The van der Waals surface area contributed by atoms with Crippen molar-refractivity contribution in [2.75, 3.05) is 23.4 Å². The summed E-state index contributed by atoms with van der Waals surface area (Å²) in [6, 6.07) is 18.6. The van der Waals surface area contributed by atoms with Crippen LogP contribution in [0, 0.1) is 0 Å². The van der Waals surface area contributed by atoms with Crippen molar-refractivity contribution in [3.63, 3.8) is 0 Å². The third-order valence-electron chi connectivity index (χ3n) is 4.71. The van der Waals surface area contributed by atoms with E-state index in [1.54, 1.807) is 35.1 Å². The molecule has 0 aliphatic carbocycles. The zero-order valence-electron chi connectivity index (χ0n) is 16.5. The highest BCUT2D eigenvalue weighted by atomic mass is 32.2. The first-order valence-electron chi connectivity index (χ1n) is 9.77. The molecule has 4 rings (SSSR count). The number of hydrogen-bond donors (Lipinski definition) is 1. The number of benzene rings is 2. The average Bonchev–Trinajstić information content (AvgIpc) is 3.24. The third-order valence-corrected chi connectivity index (χ3v) is 5.99. The maximum absolute atomic E-state index is 13.1. The minimum absolute atomic E-state index is 0.0816. The van der Waals surface area contributed by atoms with Gasteiger partial charge >= 0.3 is 0 Å². The van der Waals surface area contributed by atoms with E-state index in [1.807, 2.05) is 55.5 Å². The second-order valence-corrected chi connectivity index (χ2v) is 8.00. The molecule has 30 heavy (non-hydrogen) atoms. The number of carbonyl (C=O) groups excluding carboxylic acids is 2. The Morgan fingerprint density at radius 2 is 1.97 bits per heavy atom. The van der Waals surface area contributed by atoms with Crippen LogP contribution in [0.25, 0.3) is 0 Å². The van der Waals surface area contributed by atoms with Gasteiger partial charge in [0.25, 0.3) is 0 Å². The van der Waals surface area contributed by atoms with Crippen molar-refractivity contribution in [3.05, 3.63) is 72.7 Å². The summed E-state index contributed by atoms with van der Waals surface area (Å²) in [7, 11) is 0. The first-order valence-corrected chi connectivity index (χ1v) is 10.6. The maximum Gasteiger partial charge on any atom is 0.244 e. The Hall–Kier alpha value is -3.19. The van der Waals surface area contributed by atoms with E-state index in [4.69, 9.17) is 9.15 Å². The predicted octanol–water partition coefficient (Wildman–Crippen LogP) is 4.89. The van der Waals surface area contributed by atoms with Crippen LogP contribution in [0.15, 0.2) is 76.2 Å². The zero-order chi connectivity index (χ0) is 20.9. The minimum atomic E-state index is -0.285. The molecule has 0 unspecified atom stereocenters. The van der Waals surface area contributed by atoms with Crippen LogP contribution in [0.5, 0.6) is 5.75 Å². The molecule has 154 valence electrons. The number of anilines is 2. The van der Waals surface area contributed by atoms with E-state index in [1.165, 1.54) is 0 Å². The van der Waals surface area contributed by atoms with Crippen molar-refractivity contribution in [2.45, 2.75) is 23.5 Å². The monoisotopic (exact) mass is 422 g/mol. The Morgan fingerprint density at radius 3 is 2.77 bits per heavy atom. The second kappa shape index (κ2) is 9.09. The quantitative estimate of drug-likeness (QED) is 0.613. The van der Waals surface area contributed by atoms with E-state index in [0.29, 0.717) is 18.0 Å². The van der Waals surface area contributed by atoms with Crippen molar-refractivity contribution >= 4 is 35.0 Å². The molecule has 2 aromatic carbocycles. The molecule has 7 heteroatoms. The summed E-state index contributed by atoms with van der Waals surface area (Å²) in [4.78, 5) is 28.4. The average molecular weight is 423 g/mol. The van der Waals surface area contributed by atoms with Gasteiger partial charge in [-0.05, 0) is 43.3 Å². The van der Waals surface area contributed by atoms with Gasteiger partial charge < -0.3 is 19.4 Å². The first kappa shape index (κ1) is 20.1. The fraction of sp³-hybridized carbons (Fsp3) is 0.217. The molecule has 0 saturated carbocycles. The summed E-state index contributed by atoms with van der Waals surface area (Å²) in [5, 5.41) is 2.73. The Balaban J connectivity index is 1.56. The molecule has 0 fully saturated rings. The Morgan fingerprint density at radius 1 is 1.17 bits per heavy atom.